The number of nitrogens with one attached hydrogen (secondary N) is 1. The lowest BCUT2D eigenvalue weighted by atomic mass is 10.0. The predicted molar refractivity (Wildman–Crippen MR) is 73.0 cm³/mol. The lowest BCUT2D eigenvalue weighted by Crippen LogP contribution is -2.44. The summed E-state index contributed by atoms with van der Waals surface area (Å²) in [6, 6.07) is 3.25. The summed E-state index contributed by atoms with van der Waals surface area (Å²) in [4.78, 5) is 2.54. The second-order valence-electron chi connectivity index (χ2n) is 4.98. The minimum absolute atomic E-state index is 0.627. The maximum atomic E-state index is 5.39. The normalized spacial score (nSPS) is 19.1. The van der Waals surface area contributed by atoms with E-state index in [1.165, 1.54) is 25.9 Å². The summed E-state index contributed by atoms with van der Waals surface area (Å²) in [5.41, 5.74) is 0. The van der Waals surface area contributed by atoms with Crippen LogP contribution in [0.3, 0.4) is 0 Å². The van der Waals surface area contributed by atoms with E-state index in [2.05, 4.69) is 40.0 Å². The number of piperidine rings is 1. The van der Waals surface area contributed by atoms with E-state index in [0.29, 0.717) is 12.1 Å². The van der Waals surface area contributed by atoms with Gasteiger partial charge in [-0.3, -0.25) is 0 Å². The quantitative estimate of drug-likeness (QED) is 0.926. The summed E-state index contributed by atoms with van der Waals surface area (Å²) in [7, 11) is 0. The van der Waals surface area contributed by atoms with Gasteiger partial charge in [0, 0.05) is 12.1 Å². The fourth-order valence-electron chi connectivity index (χ4n) is 2.31. The van der Waals surface area contributed by atoms with Crippen molar-refractivity contribution in [2.24, 2.45) is 0 Å². The molecule has 0 aliphatic carbocycles. The van der Waals surface area contributed by atoms with Crippen molar-refractivity contribution in [3.63, 3.8) is 0 Å². The van der Waals surface area contributed by atoms with Crippen LogP contribution in [0.25, 0.3) is 0 Å². The van der Waals surface area contributed by atoms with Crippen molar-refractivity contribution in [1.82, 2.24) is 10.2 Å². The van der Waals surface area contributed by atoms with Crippen molar-refractivity contribution in [3.05, 3.63) is 22.6 Å². The molecule has 3 nitrogen and oxygen atoms in total. The zero-order valence-corrected chi connectivity index (χ0v) is 12.2. The number of hydrogen-bond donors (Lipinski definition) is 1. The van der Waals surface area contributed by atoms with Crippen LogP contribution in [0.15, 0.2) is 21.2 Å². The van der Waals surface area contributed by atoms with E-state index in [4.69, 9.17) is 4.42 Å². The molecule has 17 heavy (non-hydrogen) atoms. The van der Waals surface area contributed by atoms with Gasteiger partial charge in [-0.2, -0.15) is 0 Å². The van der Waals surface area contributed by atoms with Gasteiger partial charge in [0.05, 0.1) is 17.3 Å². The molecule has 96 valence electrons. The first kappa shape index (κ1) is 13.1. The smallest absolute Gasteiger partial charge is 0.131 e. The van der Waals surface area contributed by atoms with Crippen molar-refractivity contribution < 1.29 is 4.42 Å². The Morgan fingerprint density at radius 2 is 2.18 bits per heavy atom. The molecule has 0 spiro atoms. The molecule has 4 heteroatoms. The summed E-state index contributed by atoms with van der Waals surface area (Å²) < 4.78 is 6.45. The third kappa shape index (κ3) is 3.57. The van der Waals surface area contributed by atoms with Crippen LogP contribution in [-0.4, -0.2) is 30.1 Å². The van der Waals surface area contributed by atoms with Gasteiger partial charge in [-0.05, 0) is 61.8 Å². The third-order valence-electron chi connectivity index (χ3n) is 3.50. The van der Waals surface area contributed by atoms with Crippen molar-refractivity contribution in [2.45, 2.75) is 45.3 Å². The molecule has 1 aromatic heterocycles. The maximum Gasteiger partial charge on any atom is 0.131 e. The van der Waals surface area contributed by atoms with Crippen LogP contribution in [0.1, 0.15) is 32.4 Å². The molecule has 1 aromatic rings. The van der Waals surface area contributed by atoms with E-state index in [-0.39, 0.29) is 0 Å². The van der Waals surface area contributed by atoms with Crippen molar-refractivity contribution in [1.29, 1.82) is 0 Å². The first-order valence-corrected chi connectivity index (χ1v) is 7.15. The molecule has 1 aliphatic rings. The van der Waals surface area contributed by atoms with Crippen LogP contribution in [0, 0.1) is 0 Å². The molecule has 0 aromatic carbocycles. The molecule has 2 heterocycles. The van der Waals surface area contributed by atoms with Crippen LogP contribution in [0.2, 0.25) is 0 Å². The number of nitrogens with zero attached hydrogens (tertiary/aromatic N) is 1. The molecule has 0 bridgehead atoms. The van der Waals surface area contributed by atoms with Gasteiger partial charge in [0.1, 0.15) is 5.76 Å². The molecule has 0 atom stereocenters. The minimum atomic E-state index is 0.627. The van der Waals surface area contributed by atoms with Gasteiger partial charge in [-0.25, -0.2) is 0 Å². The van der Waals surface area contributed by atoms with E-state index in [0.717, 1.165) is 16.8 Å². The second-order valence-corrected chi connectivity index (χ2v) is 5.83. The predicted octanol–water partition coefficient (Wildman–Crippen LogP) is 3.00. The first-order chi connectivity index (χ1) is 8.16. The molecule has 0 radical (unpaired) electrons. The van der Waals surface area contributed by atoms with Crippen LogP contribution in [0.4, 0.5) is 0 Å². The number of likely N-dealkylation sites (tertiary alicyclic amines) is 1. The molecule has 0 saturated carbocycles. The molecule has 0 amide bonds. The maximum absolute atomic E-state index is 5.39. The van der Waals surface area contributed by atoms with Gasteiger partial charge in [0.2, 0.25) is 0 Å². The molecule has 1 fully saturated rings. The lowest BCUT2D eigenvalue weighted by molar-refractivity contribution is 0.160. The van der Waals surface area contributed by atoms with Gasteiger partial charge < -0.3 is 14.6 Å². The Morgan fingerprint density at radius 1 is 1.47 bits per heavy atom. The van der Waals surface area contributed by atoms with Gasteiger partial charge in [-0.15, -0.1) is 0 Å². The fraction of sp³-hybridized carbons (Fsp3) is 0.692. The van der Waals surface area contributed by atoms with E-state index in [9.17, 15) is 0 Å². The van der Waals surface area contributed by atoms with E-state index in [1.807, 2.05) is 6.07 Å². The monoisotopic (exact) mass is 300 g/mol. The van der Waals surface area contributed by atoms with Crippen molar-refractivity contribution in [3.8, 4) is 0 Å². The molecule has 1 saturated heterocycles. The Hall–Kier alpha value is -0.320. The van der Waals surface area contributed by atoms with Gasteiger partial charge >= 0.3 is 0 Å². The van der Waals surface area contributed by atoms with Crippen LogP contribution in [0.5, 0.6) is 0 Å². The second kappa shape index (κ2) is 6.03. The van der Waals surface area contributed by atoms with Gasteiger partial charge in [-0.1, -0.05) is 0 Å². The van der Waals surface area contributed by atoms with Crippen LogP contribution >= 0.6 is 15.9 Å². The summed E-state index contributed by atoms with van der Waals surface area (Å²) in [6.07, 6.45) is 4.19. The highest BCUT2D eigenvalue weighted by atomic mass is 79.9. The molecule has 2 rings (SSSR count). The fourth-order valence-corrected chi connectivity index (χ4v) is 2.65. The largest absolute Gasteiger partial charge is 0.467 e. The highest BCUT2D eigenvalue weighted by Gasteiger charge is 2.20. The zero-order chi connectivity index (χ0) is 12.3. The molecular weight excluding hydrogens is 280 g/mol. The standard InChI is InChI=1S/C13H21BrN2O/c1-10(2)16-6-3-11(4-7-16)15-9-13-12(14)5-8-17-13/h5,8,10-11,15H,3-4,6-7,9H2,1-2H3. The Balaban J connectivity index is 1.74. The van der Waals surface area contributed by atoms with Crippen LogP contribution < -0.4 is 5.32 Å². The molecule has 0 unspecified atom stereocenters. The highest BCUT2D eigenvalue weighted by Crippen LogP contribution is 2.18. The minimum Gasteiger partial charge on any atom is -0.467 e. The summed E-state index contributed by atoms with van der Waals surface area (Å²) >= 11 is 3.48. The molecule has 1 aliphatic heterocycles. The number of furan rings is 1. The van der Waals surface area contributed by atoms with Gasteiger partial charge in [0.15, 0.2) is 0 Å². The summed E-state index contributed by atoms with van der Waals surface area (Å²) in [5, 5.41) is 3.57. The zero-order valence-electron chi connectivity index (χ0n) is 10.6. The number of halogens is 1. The summed E-state index contributed by atoms with van der Waals surface area (Å²) in [6.45, 7) is 7.77. The Bertz CT molecular complexity index is 343. The molecule has 1 N–H and O–H groups in total. The lowest BCUT2D eigenvalue weighted by Gasteiger charge is -2.34. The van der Waals surface area contributed by atoms with E-state index < -0.39 is 0 Å². The third-order valence-corrected chi connectivity index (χ3v) is 4.21. The topological polar surface area (TPSA) is 28.4 Å². The highest BCUT2D eigenvalue weighted by molar-refractivity contribution is 9.10. The Labute approximate surface area is 112 Å². The van der Waals surface area contributed by atoms with Crippen molar-refractivity contribution >= 4 is 15.9 Å². The number of rotatable bonds is 4. The average Bonchev–Trinajstić information content (AvgIpc) is 2.73. The van der Waals surface area contributed by atoms with Crippen LogP contribution in [-0.2, 0) is 6.54 Å². The molecular formula is C13H21BrN2O. The number of hydrogen-bond acceptors (Lipinski definition) is 3. The first-order valence-electron chi connectivity index (χ1n) is 6.36. The van der Waals surface area contributed by atoms with E-state index in [1.54, 1.807) is 6.26 Å². The van der Waals surface area contributed by atoms with Crippen molar-refractivity contribution in [2.75, 3.05) is 13.1 Å². The SMILES string of the molecule is CC(C)N1CCC(NCc2occc2Br)CC1. The Morgan fingerprint density at radius 3 is 2.71 bits per heavy atom. The van der Waals surface area contributed by atoms with E-state index >= 15 is 0 Å². The average molecular weight is 301 g/mol. The Kier molecular flexibility index (Phi) is 4.65. The van der Waals surface area contributed by atoms with Gasteiger partial charge in [0.25, 0.3) is 0 Å². The summed E-state index contributed by atoms with van der Waals surface area (Å²) in [5.74, 6) is 0.997.